The smallest absolute Gasteiger partial charge is 0.233 e. The average Bonchev–Trinajstić information content (AvgIpc) is 2.84. The summed E-state index contributed by atoms with van der Waals surface area (Å²) in [5.74, 6) is 0.552. The highest BCUT2D eigenvalue weighted by molar-refractivity contribution is 6.04. The van der Waals surface area contributed by atoms with Crippen molar-refractivity contribution in [1.29, 1.82) is 0 Å². The van der Waals surface area contributed by atoms with E-state index in [2.05, 4.69) is 10.3 Å². The van der Waals surface area contributed by atoms with Crippen LogP contribution in [-0.2, 0) is 9.53 Å². The van der Waals surface area contributed by atoms with E-state index in [0.29, 0.717) is 5.90 Å². The summed E-state index contributed by atoms with van der Waals surface area (Å²) in [6, 6.07) is 6.33. The summed E-state index contributed by atoms with van der Waals surface area (Å²) < 4.78 is 5.82. The molecule has 1 aliphatic carbocycles. The molecule has 2 aliphatic rings. The molecule has 1 fully saturated rings. The molecule has 2 atom stereocenters. The van der Waals surface area contributed by atoms with E-state index in [1.165, 1.54) is 12.8 Å². The molecular formula is C17H22N2O2. The summed E-state index contributed by atoms with van der Waals surface area (Å²) in [5, 5.41) is 2.96. The van der Waals surface area contributed by atoms with Crippen LogP contribution in [0.3, 0.4) is 0 Å². The van der Waals surface area contributed by atoms with E-state index in [0.717, 1.165) is 29.7 Å². The number of carbonyl (C=O) groups is 1. The van der Waals surface area contributed by atoms with Gasteiger partial charge in [-0.05, 0) is 50.3 Å². The number of amides is 1. The maximum absolute atomic E-state index is 12.2. The maximum atomic E-state index is 12.2. The highest BCUT2D eigenvalue weighted by atomic mass is 16.5. The Hall–Kier alpha value is -1.84. The molecule has 0 bridgehead atoms. The molecule has 4 heteroatoms. The maximum Gasteiger partial charge on any atom is 0.233 e. The van der Waals surface area contributed by atoms with E-state index >= 15 is 0 Å². The first-order valence-corrected chi connectivity index (χ1v) is 7.72. The number of aliphatic imine (C=N–C) groups is 1. The summed E-state index contributed by atoms with van der Waals surface area (Å²) in [6.45, 7) is 4.01. The molecule has 2 unspecified atom stereocenters. The standard InChI is InChI=1S/C17H22N2O2/c1-11-7-8-12(2)14(9-11)18-16(20)10-17-19-13-5-3-4-6-15(13)21-17/h7-9,13,15H,3-6,10H2,1-2H3,(H,18,20). The van der Waals surface area contributed by atoms with Crippen LogP contribution < -0.4 is 5.32 Å². The van der Waals surface area contributed by atoms with Gasteiger partial charge in [-0.15, -0.1) is 0 Å². The van der Waals surface area contributed by atoms with E-state index in [1.807, 2.05) is 32.0 Å². The van der Waals surface area contributed by atoms with Crippen molar-refractivity contribution in [3.8, 4) is 0 Å². The number of aryl methyl sites for hydroxylation is 2. The predicted molar refractivity (Wildman–Crippen MR) is 83.7 cm³/mol. The lowest BCUT2D eigenvalue weighted by Crippen LogP contribution is -2.26. The van der Waals surface area contributed by atoms with Crippen LogP contribution in [0.5, 0.6) is 0 Å². The molecule has 4 nitrogen and oxygen atoms in total. The number of hydrogen-bond acceptors (Lipinski definition) is 3. The van der Waals surface area contributed by atoms with E-state index in [9.17, 15) is 4.79 Å². The fourth-order valence-corrected chi connectivity index (χ4v) is 3.04. The Labute approximate surface area is 125 Å². The molecule has 112 valence electrons. The van der Waals surface area contributed by atoms with Gasteiger partial charge in [-0.25, -0.2) is 4.99 Å². The largest absolute Gasteiger partial charge is 0.475 e. The molecule has 0 aromatic heterocycles. The van der Waals surface area contributed by atoms with Crippen LogP contribution in [0, 0.1) is 13.8 Å². The van der Waals surface area contributed by atoms with Crippen LogP contribution >= 0.6 is 0 Å². The number of nitrogens with zero attached hydrogens (tertiary/aromatic N) is 1. The predicted octanol–water partition coefficient (Wildman–Crippen LogP) is 3.37. The lowest BCUT2D eigenvalue weighted by molar-refractivity contribution is -0.115. The summed E-state index contributed by atoms with van der Waals surface area (Å²) >= 11 is 0. The third-order valence-electron chi connectivity index (χ3n) is 4.24. The number of anilines is 1. The van der Waals surface area contributed by atoms with Crippen molar-refractivity contribution in [2.24, 2.45) is 4.99 Å². The van der Waals surface area contributed by atoms with Gasteiger partial charge in [0.2, 0.25) is 5.91 Å². The van der Waals surface area contributed by atoms with Gasteiger partial charge in [0.1, 0.15) is 12.5 Å². The number of rotatable bonds is 3. The fourth-order valence-electron chi connectivity index (χ4n) is 3.04. The van der Waals surface area contributed by atoms with Crippen molar-refractivity contribution >= 4 is 17.5 Å². The Balaban J connectivity index is 1.61. The van der Waals surface area contributed by atoms with Gasteiger partial charge in [-0.2, -0.15) is 0 Å². The molecule has 1 amide bonds. The Bertz CT molecular complexity index is 580. The van der Waals surface area contributed by atoms with Crippen molar-refractivity contribution in [3.05, 3.63) is 29.3 Å². The average molecular weight is 286 g/mol. The summed E-state index contributed by atoms with van der Waals surface area (Å²) in [6.07, 6.45) is 5.03. The first-order valence-electron chi connectivity index (χ1n) is 7.72. The number of carbonyl (C=O) groups excluding carboxylic acids is 1. The van der Waals surface area contributed by atoms with Crippen LogP contribution in [0.25, 0.3) is 0 Å². The van der Waals surface area contributed by atoms with Gasteiger partial charge in [-0.1, -0.05) is 18.6 Å². The number of ether oxygens (including phenoxy) is 1. The van der Waals surface area contributed by atoms with Crippen LogP contribution in [0.4, 0.5) is 5.69 Å². The molecule has 0 radical (unpaired) electrons. The Morgan fingerprint density at radius 1 is 1.33 bits per heavy atom. The van der Waals surface area contributed by atoms with Crippen molar-refractivity contribution in [2.75, 3.05) is 5.32 Å². The highest BCUT2D eigenvalue weighted by Crippen LogP contribution is 2.29. The molecule has 1 aliphatic heterocycles. The van der Waals surface area contributed by atoms with Crippen LogP contribution in [0.1, 0.15) is 43.2 Å². The topological polar surface area (TPSA) is 50.7 Å². The van der Waals surface area contributed by atoms with E-state index in [-0.39, 0.29) is 24.5 Å². The van der Waals surface area contributed by atoms with Gasteiger partial charge >= 0.3 is 0 Å². The Morgan fingerprint density at radius 3 is 2.95 bits per heavy atom. The second kappa shape index (κ2) is 5.88. The lowest BCUT2D eigenvalue weighted by Gasteiger charge is -2.21. The Morgan fingerprint density at radius 2 is 2.14 bits per heavy atom. The minimum Gasteiger partial charge on any atom is -0.475 e. The molecule has 0 saturated heterocycles. The normalized spacial score (nSPS) is 24.0. The molecule has 0 spiro atoms. The second-order valence-corrected chi connectivity index (χ2v) is 6.07. The first kappa shape index (κ1) is 14.1. The van der Waals surface area contributed by atoms with Crippen molar-refractivity contribution < 1.29 is 9.53 Å². The monoisotopic (exact) mass is 286 g/mol. The van der Waals surface area contributed by atoms with Gasteiger partial charge in [0.05, 0.1) is 6.04 Å². The zero-order chi connectivity index (χ0) is 14.8. The van der Waals surface area contributed by atoms with E-state index < -0.39 is 0 Å². The third kappa shape index (κ3) is 3.26. The van der Waals surface area contributed by atoms with E-state index in [4.69, 9.17) is 4.74 Å². The second-order valence-electron chi connectivity index (χ2n) is 6.07. The third-order valence-corrected chi connectivity index (χ3v) is 4.24. The molecule has 1 saturated carbocycles. The minimum absolute atomic E-state index is 0.0545. The summed E-state index contributed by atoms with van der Waals surface area (Å²) in [4.78, 5) is 16.7. The molecule has 3 rings (SSSR count). The van der Waals surface area contributed by atoms with Crippen LogP contribution in [0.2, 0.25) is 0 Å². The SMILES string of the molecule is Cc1ccc(C)c(NC(=O)CC2=NC3CCCCC3O2)c1. The molecule has 1 N–H and O–H groups in total. The first-order chi connectivity index (χ1) is 10.1. The summed E-state index contributed by atoms with van der Waals surface area (Å²) in [5.41, 5.74) is 3.07. The fraction of sp³-hybridized carbons (Fsp3) is 0.529. The molecule has 1 aromatic rings. The van der Waals surface area contributed by atoms with Crippen LogP contribution in [-0.4, -0.2) is 24.0 Å². The van der Waals surface area contributed by atoms with Crippen molar-refractivity contribution in [2.45, 2.75) is 58.1 Å². The molecule has 1 aromatic carbocycles. The van der Waals surface area contributed by atoms with Gasteiger partial charge in [0, 0.05) is 5.69 Å². The zero-order valence-electron chi connectivity index (χ0n) is 12.7. The molecule has 21 heavy (non-hydrogen) atoms. The number of fused-ring (bicyclic) bond motifs is 1. The van der Waals surface area contributed by atoms with Gasteiger partial charge in [0.15, 0.2) is 5.90 Å². The van der Waals surface area contributed by atoms with Gasteiger partial charge in [-0.3, -0.25) is 4.79 Å². The zero-order valence-corrected chi connectivity index (χ0v) is 12.7. The minimum atomic E-state index is -0.0545. The highest BCUT2D eigenvalue weighted by Gasteiger charge is 2.33. The van der Waals surface area contributed by atoms with Crippen molar-refractivity contribution in [1.82, 2.24) is 0 Å². The summed E-state index contributed by atoms with van der Waals surface area (Å²) in [7, 11) is 0. The van der Waals surface area contributed by atoms with Crippen molar-refractivity contribution in [3.63, 3.8) is 0 Å². The van der Waals surface area contributed by atoms with Gasteiger partial charge < -0.3 is 10.1 Å². The number of benzene rings is 1. The van der Waals surface area contributed by atoms with E-state index in [1.54, 1.807) is 0 Å². The number of hydrogen-bond donors (Lipinski definition) is 1. The molecular weight excluding hydrogens is 264 g/mol. The number of nitrogens with one attached hydrogen (secondary N) is 1. The lowest BCUT2D eigenvalue weighted by atomic mass is 9.94. The van der Waals surface area contributed by atoms with Gasteiger partial charge in [0.25, 0.3) is 0 Å². The molecule has 1 heterocycles. The Kier molecular flexibility index (Phi) is 3.95. The van der Waals surface area contributed by atoms with Crippen LogP contribution in [0.15, 0.2) is 23.2 Å². The quantitative estimate of drug-likeness (QED) is 0.926.